The number of halogens is 4. The van der Waals surface area contributed by atoms with Gasteiger partial charge in [0.2, 0.25) is 0 Å². The van der Waals surface area contributed by atoms with E-state index in [9.17, 15) is 8.78 Å². The van der Waals surface area contributed by atoms with Gasteiger partial charge in [-0.15, -0.1) is 12.4 Å². The molecule has 10 heteroatoms. The lowest BCUT2D eigenvalue weighted by atomic mass is 10.00. The molecular weight excluding hydrogens is 409 g/mol. The highest BCUT2D eigenvalue weighted by Gasteiger charge is 2.44. The molecule has 1 atom stereocenters. The molecule has 0 spiro atoms. The van der Waals surface area contributed by atoms with E-state index in [0.29, 0.717) is 47.8 Å². The van der Waals surface area contributed by atoms with Crippen LogP contribution in [0.5, 0.6) is 0 Å². The summed E-state index contributed by atoms with van der Waals surface area (Å²) in [5.74, 6) is -2.48. The van der Waals surface area contributed by atoms with Crippen LogP contribution >= 0.6 is 24.0 Å². The van der Waals surface area contributed by atoms with Gasteiger partial charge in [0, 0.05) is 18.1 Å². The monoisotopic (exact) mass is 428 g/mol. The van der Waals surface area contributed by atoms with E-state index in [1.54, 1.807) is 4.90 Å². The van der Waals surface area contributed by atoms with Crippen molar-refractivity contribution < 1.29 is 8.78 Å². The minimum absolute atomic E-state index is 0. The van der Waals surface area contributed by atoms with Crippen LogP contribution in [0.2, 0.25) is 5.02 Å². The van der Waals surface area contributed by atoms with Gasteiger partial charge in [-0.1, -0.05) is 23.7 Å². The number of piperidine rings is 1. The third kappa shape index (κ3) is 4.51. The Morgan fingerprint density at radius 2 is 2.04 bits per heavy atom. The van der Waals surface area contributed by atoms with Gasteiger partial charge < -0.3 is 5.32 Å². The van der Waals surface area contributed by atoms with Crippen molar-refractivity contribution >= 4 is 40.9 Å². The van der Waals surface area contributed by atoms with Gasteiger partial charge in [-0.25, -0.2) is 18.7 Å². The molecule has 0 aliphatic carbocycles. The molecular formula is C18H20Cl2F2N6. The second-order valence-electron chi connectivity index (χ2n) is 6.75. The second-order valence-corrected chi connectivity index (χ2v) is 7.19. The highest BCUT2D eigenvalue weighted by atomic mass is 35.5. The summed E-state index contributed by atoms with van der Waals surface area (Å²) >= 11 is 5.88. The van der Waals surface area contributed by atoms with Crippen LogP contribution < -0.4 is 5.32 Å². The quantitative estimate of drug-likeness (QED) is 0.646. The van der Waals surface area contributed by atoms with E-state index in [-0.39, 0.29) is 19.0 Å². The molecule has 0 radical (unpaired) electrons. The van der Waals surface area contributed by atoms with E-state index in [1.807, 2.05) is 24.3 Å². The zero-order chi connectivity index (χ0) is 18.9. The van der Waals surface area contributed by atoms with Gasteiger partial charge in [0.15, 0.2) is 5.65 Å². The fourth-order valence-electron chi connectivity index (χ4n) is 3.36. The Kier molecular flexibility index (Phi) is 6.32. The van der Waals surface area contributed by atoms with Crippen molar-refractivity contribution in [2.24, 2.45) is 0 Å². The normalized spacial score (nSPS) is 19.3. The summed E-state index contributed by atoms with van der Waals surface area (Å²) in [6.07, 6.45) is 3.92. The van der Waals surface area contributed by atoms with Crippen LogP contribution in [0.25, 0.3) is 11.0 Å². The Labute approximate surface area is 172 Å². The summed E-state index contributed by atoms with van der Waals surface area (Å²) in [6, 6.07) is 6.53. The number of H-pyrrole nitrogens is 1. The van der Waals surface area contributed by atoms with Gasteiger partial charge in [-0.2, -0.15) is 5.10 Å². The molecule has 4 rings (SSSR count). The number of nitrogens with one attached hydrogen (secondary N) is 2. The van der Waals surface area contributed by atoms with Crippen molar-refractivity contribution in [1.29, 1.82) is 0 Å². The first kappa shape index (κ1) is 20.7. The molecule has 150 valence electrons. The van der Waals surface area contributed by atoms with Crippen LogP contribution in [-0.4, -0.2) is 56.7 Å². The molecule has 1 aliphatic rings. The van der Waals surface area contributed by atoms with E-state index in [0.717, 1.165) is 5.56 Å². The summed E-state index contributed by atoms with van der Waals surface area (Å²) in [6.45, 7) is 0.905. The fourth-order valence-corrected chi connectivity index (χ4v) is 3.49. The lowest BCUT2D eigenvalue weighted by Crippen LogP contribution is -2.54. The van der Waals surface area contributed by atoms with Gasteiger partial charge in [0.1, 0.15) is 12.1 Å². The molecule has 3 heterocycles. The van der Waals surface area contributed by atoms with Crippen molar-refractivity contribution in [2.75, 3.05) is 25.0 Å². The zero-order valence-corrected chi connectivity index (χ0v) is 16.5. The Balaban J connectivity index is 0.00000225. The number of aromatic amines is 1. The van der Waals surface area contributed by atoms with Crippen LogP contribution in [0.3, 0.4) is 0 Å². The number of benzene rings is 1. The molecule has 6 nitrogen and oxygen atoms in total. The van der Waals surface area contributed by atoms with E-state index in [4.69, 9.17) is 11.6 Å². The molecule has 2 aromatic heterocycles. The topological polar surface area (TPSA) is 69.7 Å². The SMILES string of the molecule is Cl.FC1(F)CN(CCc2ccc(Cl)cc2)CCC1Nc1ncnc2[nH]ncc12. The Hall–Kier alpha value is -2.03. The first-order chi connectivity index (χ1) is 13.0. The predicted molar refractivity (Wildman–Crippen MR) is 108 cm³/mol. The average Bonchev–Trinajstić information content (AvgIpc) is 3.13. The maximum atomic E-state index is 14.7. The number of aromatic nitrogens is 4. The van der Waals surface area contributed by atoms with Crippen LogP contribution in [0.1, 0.15) is 12.0 Å². The van der Waals surface area contributed by atoms with Gasteiger partial charge in [-0.05, 0) is 30.5 Å². The van der Waals surface area contributed by atoms with Crippen molar-refractivity contribution in [3.8, 4) is 0 Å². The maximum Gasteiger partial charge on any atom is 0.280 e. The number of rotatable bonds is 5. The number of nitrogens with zero attached hydrogens (tertiary/aromatic N) is 4. The predicted octanol–water partition coefficient (Wildman–Crippen LogP) is 3.79. The van der Waals surface area contributed by atoms with E-state index < -0.39 is 12.0 Å². The number of fused-ring (bicyclic) bond motifs is 1. The molecule has 1 fully saturated rings. The number of alkyl halides is 2. The molecule has 2 N–H and O–H groups in total. The largest absolute Gasteiger partial charge is 0.360 e. The minimum atomic E-state index is -2.86. The number of likely N-dealkylation sites (tertiary alicyclic amines) is 1. The maximum absolute atomic E-state index is 14.7. The summed E-state index contributed by atoms with van der Waals surface area (Å²) in [4.78, 5) is 9.94. The van der Waals surface area contributed by atoms with Crippen LogP contribution in [-0.2, 0) is 6.42 Å². The van der Waals surface area contributed by atoms with E-state index in [1.165, 1.54) is 12.5 Å². The van der Waals surface area contributed by atoms with Crippen molar-refractivity contribution in [2.45, 2.75) is 24.8 Å². The van der Waals surface area contributed by atoms with Crippen molar-refractivity contribution in [1.82, 2.24) is 25.1 Å². The zero-order valence-electron chi connectivity index (χ0n) is 14.9. The van der Waals surface area contributed by atoms with Gasteiger partial charge in [-0.3, -0.25) is 10.00 Å². The number of hydrogen-bond donors (Lipinski definition) is 2. The third-order valence-corrected chi connectivity index (χ3v) is 5.12. The molecule has 28 heavy (non-hydrogen) atoms. The fraction of sp³-hybridized carbons (Fsp3) is 0.389. The summed E-state index contributed by atoms with van der Waals surface area (Å²) in [7, 11) is 0. The second kappa shape index (κ2) is 8.55. The molecule has 1 aromatic carbocycles. The number of hydrogen-bond acceptors (Lipinski definition) is 5. The van der Waals surface area contributed by atoms with Crippen molar-refractivity contribution in [3.05, 3.63) is 47.4 Å². The van der Waals surface area contributed by atoms with Crippen molar-refractivity contribution in [3.63, 3.8) is 0 Å². The summed E-state index contributed by atoms with van der Waals surface area (Å²) in [5.41, 5.74) is 1.61. The molecule has 0 saturated carbocycles. The minimum Gasteiger partial charge on any atom is -0.360 e. The smallest absolute Gasteiger partial charge is 0.280 e. The first-order valence-corrected chi connectivity index (χ1v) is 9.14. The summed E-state index contributed by atoms with van der Waals surface area (Å²) in [5, 5.41) is 10.8. The Morgan fingerprint density at radius 3 is 2.79 bits per heavy atom. The molecule has 1 unspecified atom stereocenters. The first-order valence-electron chi connectivity index (χ1n) is 8.76. The van der Waals surface area contributed by atoms with Crippen LogP contribution in [0.15, 0.2) is 36.8 Å². The van der Waals surface area contributed by atoms with E-state index >= 15 is 0 Å². The lowest BCUT2D eigenvalue weighted by molar-refractivity contribution is -0.0734. The Morgan fingerprint density at radius 1 is 1.25 bits per heavy atom. The molecule has 3 aromatic rings. The standard InChI is InChI=1S/C18H19ClF2N6.ClH/c19-13-3-1-12(2-4-13)5-7-27-8-6-15(18(20,21)10-27)25-16-14-9-24-26-17(14)23-11-22-16;/h1-4,9,11,15H,5-8,10H2,(H2,22,23,24,25,26);1H. The Bertz CT molecular complexity index is 918. The number of anilines is 1. The molecule has 1 saturated heterocycles. The lowest BCUT2D eigenvalue weighted by Gasteiger charge is -2.38. The highest BCUT2D eigenvalue weighted by molar-refractivity contribution is 6.30. The average molecular weight is 429 g/mol. The summed E-state index contributed by atoms with van der Waals surface area (Å²) < 4.78 is 29.4. The molecule has 0 bridgehead atoms. The molecule has 1 aliphatic heterocycles. The van der Waals surface area contributed by atoms with Crippen LogP contribution in [0.4, 0.5) is 14.6 Å². The third-order valence-electron chi connectivity index (χ3n) is 4.87. The van der Waals surface area contributed by atoms with Gasteiger partial charge in [0.25, 0.3) is 5.92 Å². The van der Waals surface area contributed by atoms with Gasteiger partial charge in [0.05, 0.1) is 24.2 Å². The highest BCUT2D eigenvalue weighted by Crippen LogP contribution is 2.31. The van der Waals surface area contributed by atoms with E-state index in [2.05, 4.69) is 25.5 Å². The van der Waals surface area contributed by atoms with Gasteiger partial charge >= 0.3 is 0 Å². The van der Waals surface area contributed by atoms with Crippen LogP contribution in [0, 0.1) is 0 Å². The molecule has 0 amide bonds.